The number of phenolic OH excluding ortho intramolecular Hbond substituents is 1. The molecule has 0 aliphatic carbocycles. The van der Waals surface area contributed by atoms with Gasteiger partial charge in [0.15, 0.2) is 0 Å². The number of alkyl halides is 3. The Labute approximate surface area is 217 Å². The molecule has 0 spiro atoms. The summed E-state index contributed by atoms with van der Waals surface area (Å²) >= 11 is 0. The van der Waals surface area contributed by atoms with E-state index in [4.69, 9.17) is 5.73 Å². The number of hydrogen-bond acceptors (Lipinski definition) is 7. The third-order valence-corrected chi connectivity index (χ3v) is 6.01. The first-order chi connectivity index (χ1) is 17.9. The maximum absolute atomic E-state index is 13.3. The lowest BCUT2D eigenvalue weighted by molar-refractivity contribution is -0.137. The van der Waals surface area contributed by atoms with Crippen molar-refractivity contribution in [3.63, 3.8) is 0 Å². The van der Waals surface area contributed by atoms with Crippen LogP contribution < -0.4 is 16.4 Å². The number of anilines is 4. The molecule has 0 bridgehead atoms. The molecule has 0 fully saturated rings. The maximum atomic E-state index is 13.3. The molecule has 198 valence electrons. The molecule has 5 N–H and O–H groups in total. The number of rotatable bonds is 7. The second-order valence-corrected chi connectivity index (χ2v) is 9.14. The highest BCUT2D eigenvalue weighted by Gasteiger charge is 2.31. The van der Waals surface area contributed by atoms with E-state index in [-0.39, 0.29) is 23.8 Å². The van der Waals surface area contributed by atoms with Crippen LogP contribution in [0.2, 0.25) is 0 Å². The fourth-order valence-corrected chi connectivity index (χ4v) is 3.91. The molecule has 3 aromatic carbocycles. The molecular formula is C27H27F3N6O2. The van der Waals surface area contributed by atoms with Gasteiger partial charge in [-0.05, 0) is 55.0 Å². The average Bonchev–Trinajstić information content (AvgIpc) is 2.85. The highest BCUT2D eigenvalue weighted by atomic mass is 19.4. The minimum Gasteiger partial charge on any atom is -0.508 e. The number of aromatic hydroxyl groups is 1. The van der Waals surface area contributed by atoms with E-state index in [0.717, 1.165) is 12.1 Å². The van der Waals surface area contributed by atoms with E-state index >= 15 is 0 Å². The first-order valence-corrected chi connectivity index (χ1v) is 11.7. The summed E-state index contributed by atoms with van der Waals surface area (Å²) in [4.78, 5) is 22.0. The number of aromatic nitrogens is 2. The number of carbonyl (C=O) groups excluding carboxylic acids is 1. The predicted molar refractivity (Wildman–Crippen MR) is 141 cm³/mol. The average molecular weight is 525 g/mol. The minimum atomic E-state index is -4.51. The van der Waals surface area contributed by atoms with Gasteiger partial charge >= 0.3 is 6.18 Å². The van der Waals surface area contributed by atoms with Crippen LogP contribution in [0.3, 0.4) is 0 Å². The molecule has 4 rings (SSSR count). The zero-order valence-electron chi connectivity index (χ0n) is 21.0. The number of halogens is 3. The summed E-state index contributed by atoms with van der Waals surface area (Å²) in [5.74, 6) is 0.297. The van der Waals surface area contributed by atoms with Gasteiger partial charge in [0.2, 0.25) is 5.91 Å². The van der Waals surface area contributed by atoms with Crippen molar-refractivity contribution in [2.24, 2.45) is 0 Å². The van der Waals surface area contributed by atoms with E-state index in [9.17, 15) is 23.1 Å². The van der Waals surface area contributed by atoms with Crippen molar-refractivity contribution in [3.8, 4) is 5.75 Å². The lowest BCUT2D eigenvalue weighted by Gasteiger charge is -2.19. The number of benzene rings is 3. The Morgan fingerprint density at radius 1 is 1.05 bits per heavy atom. The molecule has 11 heteroatoms. The number of nitrogen functional groups attached to an aromatic ring is 1. The Morgan fingerprint density at radius 2 is 1.76 bits per heavy atom. The van der Waals surface area contributed by atoms with E-state index in [1.54, 1.807) is 51.4 Å². The molecule has 1 atom stereocenters. The predicted octanol–water partition coefficient (Wildman–Crippen LogP) is 5.48. The number of nitrogens with two attached hydrogens (primary N) is 1. The van der Waals surface area contributed by atoms with Crippen LogP contribution in [0.1, 0.15) is 29.7 Å². The van der Waals surface area contributed by atoms with E-state index in [1.165, 1.54) is 23.4 Å². The molecule has 0 radical (unpaired) electrons. The normalized spacial score (nSPS) is 12.3. The molecule has 1 aromatic heterocycles. The van der Waals surface area contributed by atoms with Crippen LogP contribution in [0, 0.1) is 0 Å². The standard InChI is InChI=1S/C27H27F3N6O2/c1-15(17-8-18(27(28,29)30)11-19(31)9-17)34-26-22-12-20(6-7-23(22)32-14-33-26)35-21-5-4-16(24(37)13-21)10-25(38)36(2)3/h4-9,11-15,35,37H,10,31H2,1-3H3,(H,32,33,34)/t15-/m1/s1. The summed E-state index contributed by atoms with van der Waals surface area (Å²) < 4.78 is 39.8. The molecular weight excluding hydrogens is 497 g/mol. The van der Waals surface area contributed by atoms with Gasteiger partial charge in [-0.3, -0.25) is 4.79 Å². The molecule has 1 amide bonds. The first-order valence-electron chi connectivity index (χ1n) is 11.7. The zero-order valence-corrected chi connectivity index (χ0v) is 21.0. The third kappa shape index (κ3) is 6.05. The van der Waals surface area contributed by atoms with Gasteiger partial charge in [0.05, 0.1) is 23.5 Å². The van der Waals surface area contributed by atoms with Crippen LogP contribution >= 0.6 is 0 Å². The van der Waals surface area contributed by atoms with Gasteiger partial charge in [0.25, 0.3) is 0 Å². The molecule has 0 aliphatic rings. The number of amides is 1. The summed E-state index contributed by atoms with van der Waals surface area (Å²) in [7, 11) is 3.30. The van der Waals surface area contributed by atoms with Crippen LogP contribution in [0.5, 0.6) is 5.75 Å². The third-order valence-electron chi connectivity index (χ3n) is 6.01. The highest BCUT2D eigenvalue weighted by Crippen LogP contribution is 2.34. The summed E-state index contributed by atoms with van der Waals surface area (Å²) in [6.45, 7) is 1.72. The number of nitrogens with zero attached hydrogens (tertiary/aromatic N) is 3. The van der Waals surface area contributed by atoms with Crippen molar-refractivity contribution in [1.82, 2.24) is 14.9 Å². The fourth-order valence-electron chi connectivity index (χ4n) is 3.91. The monoisotopic (exact) mass is 524 g/mol. The van der Waals surface area contributed by atoms with Crippen LogP contribution in [0.15, 0.2) is 60.9 Å². The zero-order chi connectivity index (χ0) is 27.6. The SMILES string of the molecule is C[C@@H](Nc1ncnc2ccc(Nc3ccc(CC(=O)N(C)C)c(O)c3)cc12)c1cc(N)cc(C(F)(F)F)c1. The van der Waals surface area contributed by atoms with E-state index in [2.05, 4.69) is 20.6 Å². The second kappa shape index (κ2) is 10.4. The van der Waals surface area contributed by atoms with Gasteiger partial charge in [0, 0.05) is 48.2 Å². The molecule has 0 saturated heterocycles. The summed E-state index contributed by atoms with van der Waals surface area (Å²) in [6, 6.07) is 13.3. The number of hydrogen-bond donors (Lipinski definition) is 4. The quantitative estimate of drug-likeness (QED) is 0.237. The van der Waals surface area contributed by atoms with Gasteiger partial charge < -0.3 is 26.4 Å². The van der Waals surface area contributed by atoms with Gasteiger partial charge in [-0.25, -0.2) is 9.97 Å². The summed E-state index contributed by atoms with van der Waals surface area (Å²) in [5.41, 5.74) is 7.70. The number of carbonyl (C=O) groups is 1. The van der Waals surface area contributed by atoms with Crippen molar-refractivity contribution in [2.75, 3.05) is 30.5 Å². The van der Waals surface area contributed by atoms with Gasteiger partial charge in [-0.2, -0.15) is 13.2 Å². The van der Waals surface area contributed by atoms with Gasteiger partial charge in [-0.15, -0.1) is 0 Å². The molecule has 0 aliphatic heterocycles. The van der Waals surface area contributed by atoms with Crippen molar-refractivity contribution in [3.05, 3.63) is 77.6 Å². The topological polar surface area (TPSA) is 116 Å². The Morgan fingerprint density at radius 3 is 2.45 bits per heavy atom. The maximum Gasteiger partial charge on any atom is 0.416 e. The van der Waals surface area contributed by atoms with E-state index in [1.807, 2.05) is 0 Å². The number of fused-ring (bicyclic) bond motifs is 1. The Balaban J connectivity index is 1.58. The molecule has 4 aromatic rings. The highest BCUT2D eigenvalue weighted by molar-refractivity contribution is 5.92. The largest absolute Gasteiger partial charge is 0.508 e. The van der Waals surface area contributed by atoms with Crippen molar-refractivity contribution in [1.29, 1.82) is 0 Å². The number of phenols is 1. The lowest BCUT2D eigenvalue weighted by Crippen LogP contribution is -2.23. The minimum absolute atomic E-state index is 0.00846. The van der Waals surface area contributed by atoms with Crippen LogP contribution in [0.4, 0.5) is 36.1 Å². The molecule has 1 heterocycles. The Bertz CT molecular complexity index is 1490. The molecule has 8 nitrogen and oxygen atoms in total. The first kappa shape index (κ1) is 26.5. The summed E-state index contributed by atoms with van der Waals surface area (Å²) in [6.07, 6.45) is -3.06. The second-order valence-electron chi connectivity index (χ2n) is 9.14. The van der Waals surface area contributed by atoms with Crippen molar-refractivity contribution < 1.29 is 23.1 Å². The van der Waals surface area contributed by atoms with Crippen molar-refractivity contribution in [2.45, 2.75) is 25.6 Å². The smallest absolute Gasteiger partial charge is 0.416 e. The fraction of sp³-hybridized carbons (Fsp3) is 0.222. The Hall–Kier alpha value is -4.54. The molecule has 38 heavy (non-hydrogen) atoms. The van der Waals surface area contributed by atoms with Crippen LogP contribution in [-0.4, -0.2) is 40.0 Å². The van der Waals surface area contributed by atoms with E-state index in [0.29, 0.717) is 39.2 Å². The van der Waals surface area contributed by atoms with Crippen LogP contribution in [0.25, 0.3) is 10.9 Å². The Kier molecular flexibility index (Phi) is 7.29. The van der Waals surface area contributed by atoms with Crippen LogP contribution in [-0.2, 0) is 17.4 Å². The molecule has 0 unspecified atom stereocenters. The van der Waals surface area contributed by atoms with E-state index < -0.39 is 17.8 Å². The number of likely N-dealkylation sites (N-methyl/N-ethyl adjacent to an activating group) is 1. The lowest BCUT2D eigenvalue weighted by atomic mass is 10.0. The molecule has 0 saturated carbocycles. The van der Waals surface area contributed by atoms with Gasteiger partial charge in [0.1, 0.15) is 17.9 Å². The van der Waals surface area contributed by atoms with Gasteiger partial charge in [-0.1, -0.05) is 6.07 Å². The number of nitrogens with one attached hydrogen (secondary N) is 2. The summed E-state index contributed by atoms with van der Waals surface area (Å²) in [5, 5.41) is 17.4. The van der Waals surface area contributed by atoms with Crippen molar-refractivity contribution >= 4 is 39.7 Å².